The molecule has 4 nitrogen and oxygen atoms in total. The van der Waals surface area contributed by atoms with Gasteiger partial charge in [-0.3, -0.25) is 9.69 Å². The largest absolute Gasteiger partial charge is 0.508 e. The second-order valence-corrected chi connectivity index (χ2v) is 7.10. The number of aromatic hydroxyl groups is 1. The minimum Gasteiger partial charge on any atom is -0.508 e. The lowest BCUT2D eigenvalue weighted by atomic mass is 10.2. The van der Waals surface area contributed by atoms with Crippen LogP contribution < -0.4 is 10.2 Å². The first-order valence-corrected chi connectivity index (χ1v) is 8.48. The van der Waals surface area contributed by atoms with Gasteiger partial charge in [0, 0.05) is 18.3 Å². The first kappa shape index (κ1) is 15.8. The van der Waals surface area contributed by atoms with Crippen molar-refractivity contribution in [3.63, 3.8) is 0 Å². The van der Waals surface area contributed by atoms with E-state index >= 15 is 0 Å². The number of phenols is 1. The molecule has 2 aromatic rings. The Morgan fingerprint density at radius 2 is 2.04 bits per heavy atom. The molecule has 6 heteroatoms. The zero-order valence-electron chi connectivity index (χ0n) is 12.5. The second kappa shape index (κ2) is 6.60. The van der Waals surface area contributed by atoms with Crippen LogP contribution in [0.3, 0.4) is 0 Å². The molecule has 2 N–H and O–H groups in total. The molecule has 23 heavy (non-hydrogen) atoms. The number of phenolic OH excluding ortho intramolecular Hbond substituents is 1. The Morgan fingerprint density at radius 1 is 1.26 bits per heavy atom. The number of para-hydroxylation sites is 1. The summed E-state index contributed by atoms with van der Waals surface area (Å²) in [4.78, 5) is 14.1. The van der Waals surface area contributed by atoms with Crippen molar-refractivity contribution in [1.29, 1.82) is 0 Å². The molecule has 118 valence electrons. The minimum absolute atomic E-state index is 0.0633. The number of carbonyl (C=O) groups is 1. The van der Waals surface area contributed by atoms with Crippen LogP contribution in [0.25, 0.3) is 0 Å². The third-order valence-corrected chi connectivity index (χ3v) is 5.14. The lowest BCUT2D eigenvalue weighted by molar-refractivity contribution is -0.116. The number of thioether (sulfide) groups is 1. The van der Waals surface area contributed by atoms with E-state index in [1.807, 2.05) is 31.2 Å². The van der Waals surface area contributed by atoms with Crippen molar-refractivity contribution in [3.8, 4) is 5.75 Å². The highest BCUT2D eigenvalue weighted by atomic mass is 32.2. The van der Waals surface area contributed by atoms with E-state index in [1.165, 1.54) is 16.7 Å². The Balaban J connectivity index is 1.73. The van der Waals surface area contributed by atoms with Gasteiger partial charge in [0.05, 0.1) is 5.69 Å². The smallest absolute Gasteiger partial charge is 0.247 e. The highest BCUT2D eigenvalue weighted by Crippen LogP contribution is 2.33. The van der Waals surface area contributed by atoms with E-state index in [-0.39, 0.29) is 16.9 Å². The first-order chi connectivity index (χ1) is 11.1. The molecule has 1 aliphatic heterocycles. The van der Waals surface area contributed by atoms with Crippen molar-refractivity contribution in [2.24, 2.45) is 0 Å². The highest BCUT2D eigenvalue weighted by molar-refractivity contribution is 8.25. The molecule has 1 saturated heterocycles. The number of thiocarbonyl (C=S) groups is 1. The predicted molar refractivity (Wildman–Crippen MR) is 99.2 cm³/mol. The molecule has 1 unspecified atom stereocenters. The molecular formula is C17H16N2O2S2. The van der Waals surface area contributed by atoms with Gasteiger partial charge in [-0.05, 0) is 30.7 Å². The summed E-state index contributed by atoms with van der Waals surface area (Å²) in [5, 5.41) is 12.6. The zero-order valence-corrected chi connectivity index (χ0v) is 14.2. The number of amides is 1. The van der Waals surface area contributed by atoms with E-state index in [4.69, 9.17) is 12.2 Å². The second-order valence-electron chi connectivity index (χ2n) is 5.26. The normalized spacial score (nSPS) is 17.6. The zero-order chi connectivity index (χ0) is 16.4. The number of carbonyl (C=O) groups excluding carboxylic acids is 1. The highest BCUT2D eigenvalue weighted by Gasteiger charge is 2.37. The average molecular weight is 344 g/mol. The van der Waals surface area contributed by atoms with Gasteiger partial charge in [0.2, 0.25) is 5.91 Å². The summed E-state index contributed by atoms with van der Waals surface area (Å²) in [7, 11) is 0. The number of rotatable bonds is 4. The fraction of sp³-hybridized carbons (Fsp3) is 0.176. The molecule has 0 bridgehead atoms. The molecule has 0 saturated carbocycles. The van der Waals surface area contributed by atoms with Crippen LogP contribution in [0.2, 0.25) is 0 Å². The molecule has 0 aromatic heterocycles. The van der Waals surface area contributed by atoms with E-state index in [1.54, 1.807) is 24.3 Å². The van der Waals surface area contributed by atoms with Crippen molar-refractivity contribution in [1.82, 2.24) is 0 Å². The SMILES string of the molecule is Cc1ccccc1NCC1SC(=S)N(c2cccc(O)c2)C1=O. The molecule has 0 aliphatic carbocycles. The topological polar surface area (TPSA) is 52.6 Å². The molecule has 1 amide bonds. The number of nitrogens with one attached hydrogen (secondary N) is 1. The number of nitrogens with zero attached hydrogens (tertiary/aromatic N) is 1. The molecule has 0 spiro atoms. The number of aryl methyl sites for hydroxylation is 1. The Hall–Kier alpha value is -2.05. The van der Waals surface area contributed by atoms with Gasteiger partial charge in [-0.1, -0.05) is 48.2 Å². The summed E-state index contributed by atoms with van der Waals surface area (Å²) in [5.41, 5.74) is 2.75. The Labute approximate surface area is 144 Å². The molecule has 0 radical (unpaired) electrons. The van der Waals surface area contributed by atoms with E-state index in [0.29, 0.717) is 16.6 Å². The maximum absolute atomic E-state index is 12.6. The van der Waals surface area contributed by atoms with Crippen LogP contribution in [0.15, 0.2) is 48.5 Å². The fourth-order valence-corrected chi connectivity index (χ4v) is 3.89. The maximum Gasteiger partial charge on any atom is 0.247 e. The van der Waals surface area contributed by atoms with Gasteiger partial charge in [-0.25, -0.2) is 0 Å². The van der Waals surface area contributed by atoms with Crippen LogP contribution in [0.4, 0.5) is 11.4 Å². The summed E-state index contributed by atoms with van der Waals surface area (Å²) in [5.74, 6) is 0.0521. The van der Waals surface area contributed by atoms with Gasteiger partial charge >= 0.3 is 0 Å². The van der Waals surface area contributed by atoms with E-state index in [0.717, 1.165) is 11.3 Å². The third-order valence-electron chi connectivity index (χ3n) is 3.63. The molecule has 1 atom stereocenters. The average Bonchev–Trinajstić information content (AvgIpc) is 2.81. The standard InChI is InChI=1S/C17H16N2O2S2/c1-11-5-2-3-8-14(11)18-10-15-16(21)19(17(22)23-15)12-6-4-7-13(20)9-12/h2-9,15,18,20H,10H2,1H3. The predicted octanol–water partition coefficient (Wildman–Crippen LogP) is 3.55. The summed E-state index contributed by atoms with van der Waals surface area (Å²) in [6, 6.07) is 14.5. The number of benzene rings is 2. The van der Waals surface area contributed by atoms with Gasteiger partial charge in [-0.15, -0.1) is 0 Å². The van der Waals surface area contributed by atoms with Gasteiger partial charge in [0.25, 0.3) is 0 Å². The molecule has 1 aliphatic rings. The van der Waals surface area contributed by atoms with E-state index in [9.17, 15) is 9.90 Å². The first-order valence-electron chi connectivity index (χ1n) is 7.19. The number of hydrogen-bond donors (Lipinski definition) is 2. The van der Waals surface area contributed by atoms with Gasteiger partial charge in [0.1, 0.15) is 15.3 Å². The van der Waals surface area contributed by atoms with Crippen LogP contribution in [0.1, 0.15) is 5.56 Å². The monoisotopic (exact) mass is 344 g/mol. The van der Waals surface area contributed by atoms with Crippen LogP contribution in [0.5, 0.6) is 5.75 Å². The number of anilines is 2. The summed E-state index contributed by atoms with van der Waals surface area (Å²) >= 11 is 6.71. The van der Waals surface area contributed by atoms with Crippen molar-refractivity contribution < 1.29 is 9.90 Å². The number of hydrogen-bond acceptors (Lipinski definition) is 5. The molecule has 1 heterocycles. The van der Waals surface area contributed by atoms with Crippen molar-refractivity contribution in [2.75, 3.05) is 16.8 Å². The fourth-order valence-electron chi connectivity index (χ4n) is 2.43. The van der Waals surface area contributed by atoms with Crippen molar-refractivity contribution >= 4 is 45.6 Å². The lowest BCUT2D eigenvalue weighted by Crippen LogP contribution is -2.33. The molecule has 2 aromatic carbocycles. The van der Waals surface area contributed by atoms with Crippen LogP contribution >= 0.6 is 24.0 Å². The van der Waals surface area contributed by atoms with Crippen LogP contribution in [0, 0.1) is 6.92 Å². The molecular weight excluding hydrogens is 328 g/mol. The summed E-state index contributed by atoms with van der Waals surface area (Å²) in [6.07, 6.45) is 0. The van der Waals surface area contributed by atoms with E-state index < -0.39 is 0 Å². The third kappa shape index (κ3) is 3.33. The van der Waals surface area contributed by atoms with Crippen molar-refractivity contribution in [3.05, 3.63) is 54.1 Å². The summed E-state index contributed by atoms with van der Waals surface area (Å²) in [6.45, 7) is 2.53. The lowest BCUT2D eigenvalue weighted by Gasteiger charge is -2.16. The molecule has 1 fully saturated rings. The van der Waals surface area contributed by atoms with Gasteiger partial charge in [-0.2, -0.15) is 0 Å². The Bertz CT molecular complexity index is 764. The van der Waals surface area contributed by atoms with Gasteiger partial charge < -0.3 is 10.4 Å². The maximum atomic E-state index is 12.6. The van der Waals surface area contributed by atoms with Crippen LogP contribution in [-0.2, 0) is 4.79 Å². The van der Waals surface area contributed by atoms with Crippen molar-refractivity contribution in [2.45, 2.75) is 12.2 Å². The van der Waals surface area contributed by atoms with E-state index in [2.05, 4.69) is 5.32 Å². The Kier molecular flexibility index (Phi) is 4.54. The molecule has 3 rings (SSSR count). The summed E-state index contributed by atoms with van der Waals surface area (Å²) < 4.78 is 0.511. The van der Waals surface area contributed by atoms with Crippen LogP contribution in [-0.4, -0.2) is 27.1 Å². The minimum atomic E-state index is -0.274. The van der Waals surface area contributed by atoms with Gasteiger partial charge in [0.15, 0.2) is 0 Å². The quantitative estimate of drug-likeness (QED) is 0.831. The Morgan fingerprint density at radius 3 is 2.78 bits per heavy atom.